The molecule has 0 amide bonds. The fourth-order valence-electron chi connectivity index (χ4n) is 6.64. The Kier molecular flexibility index (Phi) is 3.59. The van der Waals surface area contributed by atoms with Gasteiger partial charge in [0.2, 0.25) is 0 Å². The third kappa shape index (κ3) is 2.43. The average molecular weight is 469 g/mol. The topological polar surface area (TPSA) is 13.1 Å². The van der Waals surface area contributed by atoms with E-state index in [0.717, 1.165) is 27.5 Å². The van der Waals surface area contributed by atoms with Crippen LogP contribution in [0, 0.1) is 0 Å². The molecule has 0 radical (unpaired) electrons. The molecule has 1 heterocycles. The Bertz CT molecular complexity index is 2350. The lowest BCUT2D eigenvalue weighted by atomic mass is 9.85. The maximum absolute atomic E-state index is 6.39. The third-order valence-corrected chi connectivity index (χ3v) is 8.20. The lowest BCUT2D eigenvalue weighted by Crippen LogP contribution is -1.90. The molecule has 0 aliphatic heterocycles. The van der Waals surface area contributed by atoms with Gasteiger partial charge < -0.3 is 4.42 Å². The summed E-state index contributed by atoms with van der Waals surface area (Å²) in [6, 6.07) is 44.1. The molecule has 0 saturated heterocycles. The number of benzene rings is 8. The van der Waals surface area contributed by atoms with Crippen LogP contribution >= 0.6 is 0 Å². The lowest BCUT2D eigenvalue weighted by molar-refractivity contribution is 0.670. The predicted octanol–water partition coefficient (Wildman–Crippen LogP) is 10.5. The Hall–Kier alpha value is -4.88. The summed E-state index contributed by atoms with van der Waals surface area (Å²) in [6.45, 7) is 0. The lowest BCUT2D eigenvalue weighted by Gasteiger charge is -2.18. The molecule has 37 heavy (non-hydrogen) atoms. The molecule has 0 saturated carbocycles. The van der Waals surface area contributed by atoms with Crippen molar-refractivity contribution in [3.8, 4) is 11.1 Å². The molecule has 8 aromatic carbocycles. The standard InChI is InChI=1S/C36H20O/c1-2-9-24-23(8-1)27-12-6-14-29-25-19-18-21(20-32(25)30-15-7-13-28(24)35(30)34(27)29)22-11-5-16-31-26-10-3-4-17-33(26)37-36(22)31/h1-20H. The molecule has 0 fully saturated rings. The summed E-state index contributed by atoms with van der Waals surface area (Å²) in [4.78, 5) is 0. The van der Waals surface area contributed by atoms with Crippen LogP contribution in [-0.2, 0) is 0 Å². The van der Waals surface area contributed by atoms with Gasteiger partial charge in [0.1, 0.15) is 11.2 Å². The minimum atomic E-state index is 0.931. The zero-order chi connectivity index (χ0) is 24.1. The fourth-order valence-corrected chi connectivity index (χ4v) is 6.64. The first kappa shape index (κ1) is 19.3. The van der Waals surface area contributed by atoms with Crippen LogP contribution in [0.15, 0.2) is 126 Å². The van der Waals surface area contributed by atoms with Gasteiger partial charge in [-0.15, -0.1) is 0 Å². The maximum Gasteiger partial charge on any atom is 0.143 e. The number of hydrogen-bond acceptors (Lipinski definition) is 1. The molecule has 0 N–H and O–H groups in total. The van der Waals surface area contributed by atoms with Gasteiger partial charge in [0, 0.05) is 16.3 Å². The monoisotopic (exact) mass is 468 g/mol. The van der Waals surface area contributed by atoms with Crippen molar-refractivity contribution in [2.45, 2.75) is 0 Å². The predicted molar refractivity (Wildman–Crippen MR) is 158 cm³/mol. The van der Waals surface area contributed by atoms with Gasteiger partial charge in [0.25, 0.3) is 0 Å². The SMILES string of the molecule is c1ccc2c(c1)oc1c(-c3ccc4c(c3)c3cccc5c6ccccc6c6cccc4c6c53)cccc12. The normalized spacial score (nSPS) is 12.3. The third-order valence-electron chi connectivity index (χ3n) is 8.20. The second kappa shape index (κ2) is 6.87. The Morgan fingerprint density at radius 2 is 0.865 bits per heavy atom. The molecule has 1 nitrogen and oxygen atoms in total. The average Bonchev–Trinajstić information content (AvgIpc) is 3.35. The van der Waals surface area contributed by atoms with Crippen molar-refractivity contribution >= 4 is 75.8 Å². The number of para-hydroxylation sites is 2. The Labute approximate surface area is 212 Å². The molecule has 1 heteroatoms. The molecule has 9 rings (SSSR count). The fraction of sp³-hybridized carbons (Fsp3) is 0. The van der Waals surface area contributed by atoms with Crippen molar-refractivity contribution < 1.29 is 4.42 Å². The van der Waals surface area contributed by atoms with Crippen molar-refractivity contribution in [3.05, 3.63) is 121 Å². The van der Waals surface area contributed by atoms with E-state index in [-0.39, 0.29) is 0 Å². The van der Waals surface area contributed by atoms with E-state index in [1.807, 2.05) is 6.07 Å². The van der Waals surface area contributed by atoms with Gasteiger partial charge in [-0.1, -0.05) is 109 Å². The molecule has 1 aromatic heterocycles. The van der Waals surface area contributed by atoms with Gasteiger partial charge in [-0.2, -0.15) is 0 Å². The second-order valence-electron chi connectivity index (χ2n) is 10.0. The van der Waals surface area contributed by atoms with Crippen molar-refractivity contribution in [2.75, 3.05) is 0 Å². The molecule has 0 unspecified atom stereocenters. The largest absolute Gasteiger partial charge is 0.455 e. The van der Waals surface area contributed by atoms with Crippen molar-refractivity contribution in [1.82, 2.24) is 0 Å². The van der Waals surface area contributed by atoms with Crippen LogP contribution in [0.1, 0.15) is 0 Å². The van der Waals surface area contributed by atoms with Crippen LogP contribution in [0.3, 0.4) is 0 Å². The molecule has 0 bridgehead atoms. The maximum atomic E-state index is 6.39. The van der Waals surface area contributed by atoms with Crippen LogP contribution in [0.25, 0.3) is 86.9 Å². The molecule has 9 aromatic rings. The van der Waals surface area contributed by atoms with Crippen molar-refractivity contribution in [3.63, 3.8) is 0 Å². The van der Waals surface area contributed by atoms with E-state index in [4.69, 9.17) is 4.42 Å². The summed E-state index contributed by atoms with van der Waals surface area (Å²) in [7, 11) is 0. The van der Waals surface area contributed by atoms with Crippen LogP contribution in [0.5, 0.6) is 0 Å². The zero-order valence-electron chi connectivity index (χ0n) is 20.0. The van der Waals surface area contributed by atoms with Gasteiger partial charge >= 0.3 is 0 Å². The first-order valence-electron chi connectivity index (χ1n) is 12.8. The second-order valence-corrected chi connectivity index (χ2v) is 10.0. The molecule has 0 aliphatic carbocycles. The molecule has 0 aliphatic rings. The first-order chi connectivity index (χ1) is 18.4. The van der Waals surface area contributed by atoms with Crippen molar-refractivity contribution in [2.24, 2.45) is 0 Å². The molecule has 0 spiro atoms. The van der Waals surface area contributed by atoms with Crippen LogP contribution < -0.4 is 0 Å². The highest BCUT2D eigenvalue weighted by atomic mass is 16.3. The number of hydrogen-bond donors (Lipinski definition) is 0. The summed E-state index contributed by atoms with van der Waals surface area (Å²) in [5.74, 6) is 0. The van der Waals surface area contributed by atoms with E-state index in [0.29, 0.717) is 0 Å². The summed E-state index contributed by atoms with van der Waals surface area (Å²) < 4.78 is 6.39. The van der Waals surface area contributed by atoms with E-state index in [1.165, 1.54) is 59.4 Å². The number of rotatable bonds is 1. The highest BCUT2D eigenvalue weighted by molar-refractivity contribution is 6.40. The molecular weight excluding hydrogens is 448 g/mol. The van der Waals surface area contributed by atoms with Gasteiger partial charge in [0.05, 0.1) is 0 Å². The quantitative estimate of drug-likeness (QED) is 0.172. The summed E-state index contributed by atoms with van der Waals surface area (Å²) in [5, 5.41) is 15.5. The minimum absolute atomic E-state index is 0.931. The zero-order valence-corrected chi connectivity index (χ0v) is 20.0. The first-order valence-corrected chi connectivity index (χ1v) is 12.8. The van der Waals surface area contributed by atoms with Crippen LogP contribution in [0.4, 0.5) is 0 Å². The Balaban J connectivity index is 1.45. The Morgan fingerprint density at radius 3 is 1.57 bits per heavy atom. The van der Waals surface area contributed by atoms with Crippen LogP contribution in [-0.4, -0.2) is 0 Å². The number of fused-ring (bicyclic) bond motifs is 9. The summed E-state index contributed by atoms with van der Waals surface area (Å²) >= 11 is 0. The number of furan rings is 1. The van der Waals surface area contributed by atoms with E-state index in [1.54, 1.807) is 0 Å². The minimum Gasteiger partial charge on any atom is -0.455 e. The highest BCUT2D eigenvalue weighted by Crippen LogP contribution is 2.45. The smallest absolute Gasteiger partial charge is 0.143 e. The molecular formula is C36H20O. The van der Waals surface area contributed by atoms with E-state index in [9.17, 15) is 0 Å². The van der Waals surface area contributed by atoms with E-state index < -0.39 is 0 Å². The van der Waals surface area contributed by atoms with E-state index >= 15 is 0 Å². The van der Waals surface area contributed by atoms with E-state index in [2.05, 4.69) is 115 Å². The van der Waals surface area contributed by atoms with Crippen LogP contribution in [0.2, 0.25) is 0 Å². The van der Waals surface area contributed by atoms with Gasteiger partial charge in [-0.25, -0.2) is 0 Å². The molecule has 170 valence electrons. The summed E-state index contributed by atoms with van der Waals surface area (Å²) in [5.41, 5.74) is 4.19. The Morgan fingerprint density at radius 1 is 0.351 bits per heavy atom. The van der Waals surface area contributed by atoms with Gasteiger partial charge in [-0.3, -0.25) is 0 Å². The summed E-state index contributed by atoms with van der Waals surface area (Å²) in [6.07, 6.45) is 0. The highest BCUT2D eigenvalue weighted by Gasteiger charge is 2.18. The van der Waals surface area contributed by atoms with Gasteiger partial charge in [-0.05, 0) is 71.6 Å². The molecule has 0 atom stereocenters. The van der Waals surface area contributed by atoms with Gasteiger partial charge in [0.15, 0.2) is 0 Å². The van der Waals surface area contributed by atoms with Crippen molar-refractivity contribution in [1.29, 1.82) is 0 Å².